The lowest BCUT2D eigenvalue weighted by Gasteiger charge is -2.21. The van der Waals surface area contributed by atoms with Crippen LogP contribution in [0.3, 0.4) is 0 Å². The van der Waals surface area contributed by atoms with Gasteiger partial charge in [0.1, 0.15) is 5.82 Å². The van der Waals surface area contributed by atoms with Crippen LogP contribution in [0.25, 0.3) is 0 Å². The number of carbonyl (C=O) groups excluding carboxylic acids is 3. The maximum Gasteiger partial charge on any atom is 0.310 e. The van der Waals surface area contributed by atoms with Crippen molar-refractivity contribution in [3.05, 3.63) is 35.6 Å². The lowest BCUT2D eigenvalue weighted by atomic mass is 9.86. The number of esters is 1. The summed E-state index contributed by atoms with van der Waals surface area (Å²) in [5.41, 5.74) is -0.782. The maximum absolute atomic E-state index is 13.3. The third-order valence-electron chi connectivity index (χ3n) is 5.67. The number of hydrogen-bond donors (Lipinski definition) is 1. The number of ketones is 1. The molecule has 2 saturated heterocycles. The van der Waals surface area contributed by atoms with Crippen molar-refractivity contribution in [2.45, 2.75) is 50.7 Å². The van der Waals surface area contributed by atoms with Crippen molar-refractivity contribution in [2.24, 2.45) is 5.92 Å². The molecule has 146 valence electrons. The average molecular weight is 376 g/mol. The van der Waals surface area contributed by atoms with Crippen LogP contribution in [0.2, 0.25) is 0 Å². The lowest BCUT2D eigenvalue weighted by Crippen LogP contribution is -2.52. The van der Waals surface area contributed by atoms with Crippen molar-refractivity contribution in [3.8, 4) is 0 Å². The van der Waals surface area contributed by atoms with Gasteiger partial charge in [-0.1, -0.05) is 25.5 Å². The van der Waals surface area contributed by atoms with Gasteiger partial charge in [-0.25, -0.2) is 4.39 Å². The number of carbonyl (C=O) groups is 3. The Morgan fingerprint density at radius 3 is 2.56 bits per heavy atom. The first kappa shape index (κ1) is 19.5. The summed E-state index contributed by atoms with van der Waals surface area (Å²) in [5, 5.41) is 3.12. The zero-order valence-corrected chi connectivity index (χ0v) is 15.8. The van der Waals surface area contributed by atoms with E-state index >= 15 is 0 Å². The van der Waals surface area contributed by atoms with Gasteiger partial charge in [0.2, 0.25) is 0 Å². The Balaban J connectivity index is 1.93. The van der Waals surface area contributed by atoms with Crippen LogP contribution in [0.15, 0.2) is 24.3 Å². The van der Waals surface area contributed by atoms with Gasteiger partial charge >= 0.3 is 5.97 Å². The molecule has 3 rings (SSSR count). The van der Waals surface area contributed by atoms with Crippen molar-refractivity contribution in [1.29, 1.82) is 0 Å². The Morgan fingerprint density at radius 2 is 2.00 bits per heavy atom. The molecule has 7 heteroatoms. The number of unbranched alkanes of at least 4 members (excludes halogenated alkanes) is 1. The summed E-state index contributed by atoms with van der Waals surface area (Å²) < 4.78 is 18.7. The second kappa shape index (κ2) is 7.38. The number of nitrogens with zero attached hydrogens (tertiary/aromatic N) is 1. The maximum atomic E-state index is 13.3. The molecule has 2 aliphatic heterocycles. The molecule has 1 aromatic carbocycles. The minimum Gasteiger partial charge on any atom is -0.465 e. The molecule has 1 aromatic rings. The number of likely N-dealkylation sites (tertiary alicyclic amines) is 1. The van der Waals surface area contributed by atoms with Crippen LogP contribution >= 0.6 is 0 Å². The molecule has 27 heavy (non-hydrogen) atoms. The lowest BCUT2D eigenvalue weighted by molar-refractivity contribution is -0.149. The predicted molar refractivity (Wildman–Crippen MR) is 96.2 cm³/mol. The molecular weight excluding hydrogens is 351 g/mol. The number of amides is 1. The second-order valence-corrected chi connectivity index (χ2v) is 7.37. The molecule has 0 radical (unpaired) electrons. The van der Waals surface area contributed by atoms with Crippen molar-refractivity contribution < 1.29 is 23.5 Å². The molecule has 2 fully saturated rings. The van der Waals surface area contributed by atoms with Crippen LogP contribution in [0, 0.1) is 11.7 Å². The topological polar surface area (TPSA) is 75.7 Å². The zero-order valence-electron chi connectivity index (χ0n) is 15.8. The van der Waals surface area contributed by atoms with Gasteiger partial charge in [-0.3, -0.25) is 19.7 Å². The monoisotopic (exact) mass is 376 g/mol. The largest absolute Gasteiger partial charge is 0.465 e. The van der Waals surface area contributed by atoms with Crippen molar-refractivity contribution in [1.82, 2.24) is 10.2 Å². The molecular formula is C20H25FN2O4. The number of hydrogen-bond acceptors (Lipinski definition) is 5. The van der Waals surface area contributed by atoms with E-state index in [1.165, 1.54) is 17.0 Å². The van der Waals surface area contributed by atoms with Gasteiger partial charge < -0.3 is 9.64 Å². The van der Waals surface area contributed by atoms with Gasteiger partial charge in [-0.15, -0.1) is 0 Å². The number of rotatable bonds is 5. The van der Waals surface area contributed by atoms with E-state index in [1.54, 1.807) is 26.1 Å². The SMILES string of the molecule is CCCCOC(=O)C1CC2(NC1c1ccc(F)cc1)C(=O)[C@@H](C)N(C)C2=O. The molecule has 0 aromatic heterocycles. The predicted octanol–water partition coefficient (Wildman–Crippen LogP) is 1.99. The molecule has 4 atom stereocenters. The van der Waals surface area contributed by atoms with Gasteiger partial charge in [-0.05, 0) is 37.5 Å². The van der Waals surface area contributed by atoms with E-state index < -0.39 is 35.3 Å². The average Bonchev–Trinajstić information content (AvgIpc) is 3.13. The summed E-state index contributed by atoms with van der Waals surface area (Å²) >= 11 is 0. The smallest absolute Gasteiger partial charge is 0.310 e. The molecule has 2 heterocycles. The summed E-state index contributed by atoms with van der Waals surface area (Å²) in [6.45, 7) is 3.97. The Hall–Kier alpha value is -2.28. The molecule has 2 aliphatic rings. The van der Waals surface area contributed by atoms with Crippen LogP contribution in [0.5, 0.6) is 0 Å². The van der Waals surface area contributed by atoms with Crippen LogP contribution in [-0.2, 0) is 19.1 Å². The second-order valence-electron chi connectivity index (χ2n) is 7.37. The zero-order chi connectivity index (χ0) is 19.8. The van der Waals surface area contributed by atoms with Crippen LogP contribution in [0.1, 0.15) is 44.7 Å². The fourth-order valence-corrected chi connectivity index (χ4v) is 3.94. The molecule has 0 saturated carbocycles. The van der Waals surface area contributed by atoms with Crippen LogP contribution in [0.4, 0.5) is 4.39 Å². The summed E-state index contributed by atoms with van der Waals surface area (Å²) in [5.74, 6) is -2.11. The highest BCUT2D eigenvalue weighted by atomic mass is 19.1. The quantitative estimate of drug-likeness (QED) is 0.483. The van der Waals surface area contributed by atoms with E-state index in [-0.39, 0.29) is 18.1 Å². The van der Waals surface area contributed by atoms with Gasteiger partial charge in [0.15, 0.2) is 11.3 Å². The third-order valence-corrected chi connectivity index (χ3v) is 5.67. The number of ether oxygens (including phenoxy) is 1. The number of halogens is 1. The fourth-order valence-electron chi connectivity index (χ4n) is 3.94. The summed E-state index contributed by atoms with van der Waals surface area (Å²) in [6.07, 6.45) is 1.68. The van der Waals surface area contributed by atoms with Crippen LogP contribution < -0.4 is 5.32 Å². The Bertz CT molecular complexity index is 729. The molecule has 1 spiro atoms. The highest BCUT2D eigenvalue weighted by molar-refractivity contribution is 6.19. The first-order valence-electron chi connectivity index (χ1n) is 9.33. The van der Waals surface area contributed by atoms with Crippen molar-refractivity contribution in [2.75, 3.05) is 13.7 Å². The Labute approximate surface area is 158 Å². The number of nitrogens with one attached hydrogen (secondary N) is 1. The van der Waals surface area contributed by atoms with Crippen molar-refractivity contribution >= 4 is 17.7 Å². The molecule has 6 nitrogen and oxygen atoms in total. The van der Waals surface area contributed by atoms with E-state index in [9.17, 15) is 18.8 Å². The van der Waals surface area contributed by atoms with Crippen molar-refractivity contribution in [3.63, 3.8) is 0 Å². The van der Waals surface area contributed by atoms with Gasteiger partial charge in [-0.2, -0.15) is 0 Å². The number of benzene rings is 1. The van der Waals surface area contributed by atoms with Gasteiger partial charge in [0, 0.05) is 13.1 Å². The molecule has 1 N–H and O–H groups in total. The highest BCUT2D eigenvalue weighted by Crippen LogP contribution is 2.43. The molecule has 0 aliphatic carbocycles. The first-order chi connectivity index (χ1) is 12.8. The summed E-state index contributed by atoms with van der Waals surface area (Å²) in [4.78, 5) is 39.8. The summed E-state index contributed by atoms with van der Waals surface area (Å²) in [7, 11) is 1.58. The molecule has 1 amide bonds. The molecule has 3 unspecified atom stereocenters. The molecule has 0 bridgehead atoms. The van der Waals surface area contributed by atoms with E-state index in [4.69, 9.17) is 4.74 Å². The van der Waals surface area contributed by atoms with Gasteiger partial charge in [0.25, 0.3) is 5.91 Å². The number of likely N-dealkylation sites (N-methyl/N-ethyl adjacent to an activating group) is 1. The standard InChI is InChI=1S/C20H25FN2O4/c1-4-5-10-27-18(25)15-11-20(17(24)12(2)23(3)19(20)26)22-16(15)13-6-8-14(21)9-7-13/h6-9,12,15-16,22H,4-5,10-11H2,1-3H3/t12-,15?,16?,20?/m1/s1. The first-order valence-corrected chi connectivity index (χ1v) is 9.33. The Kier molecular flexibility index (Phi) is 5.33. The van der Waals surface area contributed by atoms with E-state index in [2.05, 4.69) is 5.32 Å². The minimum atomic E-state index is -1.43. The fraction of sp³-hybridized carbons (Fsp3) is 0.550. The Morgan fingerprint density at radius 1 is 1.33 bits per heavy atom. The minimum absolute atomic E-state index is 0.0480. The number of Topliss-reactive ketones (excluding diaryl/α,β-unsaturated/α-hetero) is 1. The van der Waals surface area contributed by atoms with E-state index in [1.807, 2.05) is 6.92 Å². The van der Waals surface area contributed by atoms with Crippen LogP contribution in [-0.4, -0.2) is 47.8 Å². The third kappa shape index (κ3) is 3.25. The summed E-state index contributed by atoms with van der Waals surface area (Å²) in [6, 6.07) is 4.58. The highest BCUT2D eigenvalue weighted by Gasteiger charge is 2.63. The normalized spacial score (nSPS) is 30.4. The van der Waals surface area contributed by atoms with E-state index in [0.717, 1.165) is 12.8 Å². The van der Waals surface area contributed by atoms with E-state index in [0.29, 0.717) is 12.2 Å². The van der Waals surface area contributed by atoms with Gasteiger partial charge in [0.05, 0.1) is 18.6 Å².